The minimum atomic E-state index is 0.321. The first-order valence-electron chi connectivity index (χ1n) is 6.16. The van der Waals surface area contributed by atoms with Gasteiger partial charge in [-0.15, -0.1) is 0 Å². The molecule has 2 aliphatic rings. The summed E-state index contributed by atoms with van der Waals surface area (Å²) in [6.07, 6.45) is 6.80. The topological polar surface area (TPSA) is 21.3 Å². The average Bonchev–Trinajstić information content (AvgIpc) is 2.69. The largest absolute Gasteiger partial charge is 0.383 e. The number of hydrogen-bond donors (Lipinski definition) is 1. The lowest BCUT2D eigenvalue weighted by Gasteiger charge is -2.34. The van der Waals surface area contributed by atoms with E-state index in [1.54, 1.807) is 0 Å². The van der Waals surface area contributed by atoms with Crippen LogP contribution in [0.1, 0.15) is 32.1 Å². The number of rotatable bonds is 4. The quantitative estimate of drug-likeness (QED) is 0.799. The van der Waals surface area contributed by atoms with Crippen molar-refractivity contribution in [1.29, 1.82) is 0 Å². The van der Waals surface area contributed by atoms with Crippen molar-refractivity contribution in [1.82, 2.24) is 5.32 Å². The van der Waals surface area contributed by atoms with Gasteiger partial charge in [-0.2, -0.15) is 11.8 Å². The fraction of sp³-hybridized carbons (Fsp3) is 1.00. The highest BCUT2D eigenvalue weighted by atomic mass is 32.2. The van der Waals surface area contributed by atoms with Crippen LogP contribution >= 0.6 is 11.8 Å². The van der Waals surface area contributed by atoms with E-state index in [4.69, 9.17) is 4.74 Å². The Morgan fingerprint density at radius 3 is 2.80 bits per heavy atom. The molecule has 0 aromatic rings. The Labute approximate surface area is 97.5 Å². The molecule has 2 rings (SSSR count). The number of hydrogen-bond acceptors (Lipinski definition) is 3. The molecule has 0 aliphatic carbocycles. The van der Waals surface area contributed by atoms with Gasteiger partial charge in [0.25, 0.3) is 0 Å². The number of thioether (sulfide) groups is 1. The van der Waals surface area contributed by atoms with Crippen LogP contribution in [0.2, 0.25) is 0 Å². The summed E-state index contributed by atoms with van der Waals surface area (Å²) in [6, 6.07) is 0. The third-order valence-corrected chi connectivity index (χ3v) is 4.82. The maximum absolute atomic E-state index is 5.40. The van der Waals surface area contributed by atoms with E-state index in [1.165, 1.54) is 50.2 Å². The van der Waals surface area contributed by atoms with Gasteiger partial charge >= 0.3 is 0 Å². The minimum Gasteiger partial charge on any atom is -0.383 e. The smallest absolute Gasteiger partial charge is 0.0644 e. The Kier molecular flexibility index (Phi) is 4.35. The number of ether oxygens (including phenoxy) is 1. The zero-order chi connectivity index (χ0) is 10.6. The molecule has 0 aromatic heterocycles. The van der Waals surface area contributed by atoms with E-state index in [0.717, 1.165) is 12.5 Å². The Morgan fingerprint density at radius 1 is 1.40 bits per heavy atom. The molecule has 0 spiro atoms. The van der Waals surface area contributed by atoms with E-state index < -0.39 is 0 Å². The summed E-state index contributed by atoms with van der Waals surface area (Å²) in [7, 11) is 1.83. The molecule has 0 aromatic carbocycles. The normalized spacial score (nSPS) is 33.4. The SMILES string of the molecule is COCC1(CC2CCSCC2)CCCN1. The fourth-order valence-corrected chi connectivity index (χ4v) is 4.21. The van der Waals surface area contributed by atoms with E-state index in [2.05, 4.69) is 17.1 Å². The van der Waals surface area contributed by atoms with Crippen LogP contribution in [0.25, 0.3) is 0 Å². The summed E-state index contributed by atoms with van der Waals surface area (Å²) in [5.74, 6) is 3.67. The van der Waals surface area contributed by atoms with Crippen molar-refractivity contribution in [3.63, 3.8) is 0 Å². The van der Waals surface area contributed by atoms with Gasteiger partial charge in [0, 0.05) is 12.6 Å². The molecule has 2 saturated heterocycles. The van der Waals surface area contributed by atoms with Crippen LogP contribution < -0.4 is 5.32 Å². The Bertz CT molecular complexity index is 186. The van der Waals surface area contributed by atoms with Crippen LogP contribution in [0.3, 0.4) is 0 Å². The minimum absolute atomic E-state index is 0.321. The maximum atomic E-state index is 5.40. The molecule has 15 heavy (non-hydrogen) atoms. The second-order valence-electron chi connectivity index (χ2n) is 5.00. The predicted octanol–water partition coefficient (Wildman–Crippen LogP) is 2.29. The van der Waals surface area contributed by atoms with Crippen molar-refractivity contribution < 1.29 is 4.74 Å². The molecule has 2 fully saturated rings. The molecule has 0 saturated carbocycles. The molecule has 2 aliphatic heterocycles. The fourth-order valence-electron chi connectivity index (χ4n) is 3.00. The van der Waals surface area contributed by atoms with Gasteiger partial charge in [-0.25, -0.2) is 0 Å². The van der Waals surface area contributed by atoms with Crippen molar-refractivity contribution in [2.75, 3.05) is 31.8 Å². The van der Waals surface area contributed by atoms with Gasteiger partial charge in [-0.3, -0.25) is 0 Å². The second kappa shape index (κ2) is 5.55. The third kappa shape index (κ3) is 3.11. The van der Waals surface area contributed by atoms with Gasteiger partial charge in [0.2, 0.25) is 0 Å². The zero-order valence-electron chi connectivity index (χ0n) is 9.76. The van der Waals surface area contributed by atoms with Crippen LogP contribution in [0.15, 0.2) is 0 Å². The summed E-state index contributed by atoms with van der Waals surface area (Å²) >= 11 is 2.12. The number of methoxy groups -OCH3 is 1. The van der Waals surface area contributed by atoms with Crippen molar-refractivity contribution in [3.8, 4) is 0 Å². The molecule has 0 radical (unpaired) electrons. The van der Waals surface area contributed by atoms with E-state index >= 15 is 0 Å². The average molecular weight is 229 g/mol. The predicted molar refractivity (Wildman–Crippen MR) is 66.5 cm³/mol. The molecule has 1 atom stereocenters. The van der Waals surface area contributed by atoms with Crippen molar-refractivity contribution >= 4 is 11.8 Å². The standard InChI is InChI=1S/C12H23NOS/c1-14-10-12(5-2-6-13-12)9-11-3-7-15-8-4-11/h11,13H,2-10H2,1H3. The molecule has 2 nitrogen and oxygen atoms in total. The van der Waals surface area contributed by atoms with E-state index in [1.807, 2.05) is 7.11 Å². The van der Waals surface area contributed by atoms with Crippen LogP contribution in [0.4, 0.5) is 0 Å². The van der Waals surface area contributed by atoms with Gasteiger partial charge in [-0.05, 0) is 56.1 Å². The summed E-state index contributed by atoms with van der Waals surface area (Å²) < 4.78 is 5.40. The summed E-state index contributed by atoms with van der Waals surface area (Å²) in [5.41, 5.74) is 0.321. The zero-order valence-corrected chi connectivity index (χ0v) is 10.6. The molecule has 1 N–H and O–H groups in total. The summed E-state index contributed by atoms with van der Waals surface area (Å²) in [4.78, 5) is 0. The lowest BCUT2D eigenvalue weighted by atomic mass is 9.84. The highest BCUT2D eigenvalue weighted by molar-refractivity contribution is 7.99. The molecule has 88 valence electrons. The Balaban J connectivity index is 1.87. The van der Waals surface area contributed by atoms with Gasteiger partial charge in [-0.1, -0.05) is 0 Å². The first-order chi connectivity index (χ1) is 7.35. The molecular formula is C12H23NOS. The first kappa shape index (κ1) is 11.7. The van der Waals surface area contributed by atoms with E-state index in [-0.39, 0.29) is 0 Å². The van der Waals surface area contributed by atoms with Crippen molar-refractivity contribution in [2.45, 2.75) is 37.6 Å². The summed E-state index contributed by atoms with van der Waals surface area (Å²) in [5, 5.41) is 3.69. The van der Waals surface area contributed by atoms with Gasteiger partial charge in [0.15, 0.2) is 0 Å². The second-order valence-corrected chi connectivity index (χ2v) is 6.23. The molecule has 0 amide bonds. The van der Waals surface area contributed by atoms with Crippen LogP contribution in [-0.2, 0) is 4.74 Å². The molecule has 3 heteroatoms. The lowest BCUT2D eigenvalue weighted by molar-refractivity contribution is 0.101. The summed E-state index contributed by atoms with van der Waals surface area (Å²) in [6.45, 7) is 2.08. The van der Waals surface area contributed by atoms with E-state index in [0.29, 0.717) is 5.54 Å². The van der Waals surface area contributed by atoms with Crippen LogP contribution in [0, 0.1) is 5.92 Å². The number of nitrogens with one attached hydrogen (secondary N) is 1. The van der Waals surface area contributed by atoms with Gasteiger partial charge in [0.05, 0.1) is 6.61 Å². The third-order valence-electron chi connectivity index (χ3n) is 3.77. The molecule has 0 bridgehead atoms. The van der Waals surface area contributed by atoms with Crippen molar-refractivity contribution in [2.24, 2.45) is 5.92 Å². The lowest BCUT2D eigenvalue weighted by Crippen LogP contribution is -2.46. The molecular weight excluding hydrogens is 206 g/mol. The highest BCUT2D eigenvalue weighted by Crippen LogP contribution is 2.33. The molecule has 2 heterocycles. The highest BCUT2D eigenvalue weighted by Gasteiger charge is 2.35. The first-order valence-corrected chi connectivity index (χ1v) is 7.32. The van der Waals surface area contributed by atoms with Gasteiger partial charge < -0.3 is 10.1 Å². The maximum Gasteiger partial charge on any atom is 0.0644 e. The van der Waals surface area contributed by atoms with E-state index in [9.17, 15) is 0 Å². The van der Waals surface area contributed by atoms with Crippen LogP contribution in [-0.4, -0.2) is 37.3 Å². The Morgan fingerprint density at radius 2 is 2.20 bits per heavy atom. The molecule has 1 unspecified atom stereocenters. The van der Waals surface area contributed by atoms with Gasteiger partial charge in [0.1, 0.15) is 0 Å². The Hall–Kier alpha value is 0.270. The monoisotopic (exact) mass is 229 g/mol. The van der Waals surface area contributed by atoms with Crippen molar-refractivity contribution in [3.05, 3.63) is 0 Å². The van der Waals surface area contributed by atoms with Crippen LogP contribution in [0.5, 0.6) is 0 Å².